The first-order valence-corrected chi connectivity index (χ1v) is 4.70. The van der Waals surface area contributed by atoms with Crippen molar-refractivity contribution in [3.8, 4) is 0 Å². The van der Waals surface area contributed by atoms with Gasteiger partial charge in [0.1, 0.15) is 6.54 Å². The van der Waals surface area contributed by atoms with Crippen LogP contribution in [0.25, 0.3) is 0 Å². The van der Waals surface area contributed by atoms with Crippen LogP contribution in [0.1, 0.15) is 26.2 Å². The maximum Gasteiger partial charge on any atom is 0.325 e. The summed E-state index contributed by atoms with van der Waals surface area (Å²) in [5.74, 6) is -1.70. The number of rotatable bonds is 7. The van der Waals surface area contributed by atoms with Crippen molar-refractivity contribution >= 4 is 17.8 Å². The topological polar surface area (TPSA) is 92.7 Å². The Kier molecular flexibility index (Phi) is 6.96. The molecular formula is C9H15NO5. The number of carboxylic acid groups (broad SMARTS) is 1. The summed E-state index contributed by atoms with van der Waals surface area (Å²) in [4.78, 5) is 31.8. The molecule has 0 aliphatic carbocycles. The molecule has 0 aromatic heterocycles. The zero-order chi connectivity index (χ0) is 11.7. The van der Waals surface area contributed by atoms with Gasteiger partial charge in [-0.15, -0.1) is 0 Å². The molecule has 6 nitrogen and oxygen atoms in total. The van der Waals surface area contributed by atoms with E-state index in [2.05, 4.69) is 10.1 Å². The van der Waals surface area contributed by atoms with Crippen LogP contribution >= 0.6 is 0 Å². The van der Waals surface area contributed by atoms with Gasteiger partial charge in [0.05, 0.1) is 6.61 Å². The Labute approximate surface area is 87.6 Å². The fourth-order valence-electron chi connectivity index (χ4n) is 0.756. The van der Waals surface area contributed by atoms with E-state index in [1.165, 1.54) is 0 Å². The molecule has 2 N–H and O–H groups in total. The van der Waals surface area contributed by atoms with Gasteiger partial charge in [0.25, 0.3) is 0 Å². The van der Waals surface area contributed by atoms with Crippen LogP contribution in [0.2, 0.25) is 0 Å². The van der Waals surface area contributed by atoms with Gasteiger partial charge in [-0.2, -0.15) is 0 Å². The van der Waals surface area contributed by atoms with Gasteiger partial charge in [-0.25, -0.2) is 0 Å². The number of ether oxygens (including phenoxy) is 1. The summed E-state index contributed by atoms with van der Waals surface area (Å²) in [5, 5.41) is 10.6. The molecule has 0 unspecified atom stereocenters. The van der Waals surface area contributed by atoms with Gasteiger partial charge in [0, 0.05) is 12.8 Å². The van der Waals surface area contributed by atoms with E-state index in [1.54, 1.807) is 6.92 Å². The summed E-state index contributed by atoms with van der Waals surface area (Å²) in [6, 6.07) is 0. The Balaban J connectivity index is 3.41. The third-order valence-electron chi connectivity index (χ3n) is 1.55. The predicted molar refractivity (Wildman–Crippen MR) is 51.1 cm³/mol. The maximum absolute atomic E-state index is 10.9. The molecule has 0 rings (SSSR count). The van der Waals surface area contributed by atoms with Crippen molar-refractivity contribution in [1.82, 2.24) is 5.32 Å². The normalized spacial score (nSPS) is 9.40. The molecule has 1 amide bonds. The maximum atomic E-state index is 10.9. The molecule has 6 heteroatoms. The van der Waals surface area contributed by atoms with Crippen molar-refractivity contribution in [2.75, 3.05) is 13.2 Å². The summed E-state index contributed by atoms with van der Waals surface area (Å²) < 4.78 is 4.67. The van der Waals surface area contributed by atoms with Crippen molar-refractivity contribution < 1.29 is 24.2 Å². The molecule has 0 bridgehead atoms. The molecule has 0 aliphatic rings. The van der Waals surface area contributed by atoms with Gasteiger partial charge in [-0.3, -0.25) is 14.4 Å². The molecule has 0 saturated heterocycles. The standard InChI is InChI=1S/C9H15NO5/c1-2-7(11)10-6-9(14)15-5-3-4-8(12)13/h2-6H2,1H3,(H,10,11)(H,12,13). The average molecular weight is 217 g/mol. The second kappa shape index (κ2) is 7.78. The SMILES string of the molecule is CCC(=O)NCC(=O)OCCCC(=O)O. The van der Waals surface area contributed by atoms with E-state index in [0.29, 0.717) is 6.42 Å². The lowest BCUT2D eigenvalue weighted by Gasteiger charge is -2.04. The molecule has 0 fully saturated rings. The lowest BCUT2D eigenvalue weighted by atomic mass is 10.3. The fraction of sp³-hybridized carbons (Fsp3) is 0.667. The highest BCUT2D eigenvalue weighted by Crippen LogP contribution is 1.90. The molecular weight excluding hydrogens is 202 g/mol. The number of nitrogens with one attached hydrogen (secondary N) is 1. The monoisotopic (exact) mass is 217 g/mol. The number of hydrogen-bond donors (Lipinski definition) is 2. The predicted octanol–water partition coefficient (Wildman–Crippen LogP) is -0.0794. The highest BCUT2D eigenvalue weighted by Gasteiger charge is 2.05. The molecule has 0 aliphatic heterocycles. The Bertz CT molecular complexity index is 239. The van der Waals surface area contributed by atoms with E-state index in [4.69, 9.17) is 5.11 Å². The summed E-state index contributed by atoms with van der Waals surface area (Å²) in [6.45, 7) is 1.57. The molecule has 0 radical (unpaired) electrons. The number of carbonyl (C=O) groups is 3. The second-order valence-electron chi connectivity index (χ2n) is 2.85. The molecule has 86 valence electrons. The summed E-state index contributed by atoms with van der Waals surface area (Å²) in [5.41, 5.74) is 0. The van der Waals surface area contributed by atoms with Crippen molar-refractivity contribution in [2.24, 2.45) is 0 Å². The van der Waals surface area contributed by atoms with Gasteiger partial charge in [0.2, 0.25) is 5.91 Å². The van der Waals surface area contributed by atoms with Crippen molar-refractivity contribution in [1.29, 1.82) is 0 Å². The Morgan fingerprint density at radius 3 is 2.53 bits per heavy atom. The lowest BCUT2D eigenvalue weighted by Crippen LogP contribution is -2.30. The summed E-state index contributed by atoms with van der Waals surface area (Å²) in [6.07, 6.45) is 0.559. The molecule has 0 spiro atoms. The smallest absolute Gasteiger partial charge is 0.325 e. The van der Waals surface area contributed by atoms with Gasteiger partial charge in [-0.05, 0) is 6.42 Å². The van der Waals surface area contributed by atoms with Crippen LogP contribution in [0.4, 0.5) is 0 Å². The van der Waals surface area contributed by atoms with Crippen molar-refractivity contribution in [2.45, 2.75) is 26.2 Å². The first kappa shape index (κ1) is 13.4. The Morgan fingerprint density at radius 1 is 1.33 bits per heavy atom. The molecule has 0 saturated carbocycles. The third kappa shape index (κ3) is 8.73. The van der Waals surface area contributed by atoms with Gasteiger partial charge in [0.15, 0.2) is 0 Å². The molecule has 0 heterocycles. The van der Waals surface area contributed by atoms with Crippen LogP contribution in [0.5, 0.6) is 0 Å². The first-order chi connectivity index (χ1) is 7.06. The van der Waals surface area contributed by atoms with Crippen LogP contribution in [0.3, 0.4) is 0 Å². The van der Waals surface area contributed by atoms with Gasteiger partial charge < -0.3 is 15.2 Å². The van der Waals surface area contributed by atoms with E-state index in [9.17, 15) is 14.4 Å². The quantitative estimate of drug-likeness (QED) is 0.459. The van der Waals surface area contributed by atoms with Gasteiger partial charge in [-0.1, -0.05) is 6.92 Å². The second-order valence-corrected chi connectivity index (χ2v) is 2.85. The van der Waals surface area contributed by atoms with Crippen molar-refractivity contribution in [3.63, 3.8) is 0 Å². The van der Waals surface area contributed by atoms with E-state index >= 15 is 0 Å². The zero-order valence-corrected chi connectivity index (χ0v) is 8.62. The number of aliphatic carboxylic acids is 1. The number of carboxylic acids is 1. The minimum absolute atomic E-state index is 0.0331. The highest BCUT2D eigenvalue weighted by atomic mass is 16.5. The summed E-state index contributed by atoms with van der Waals surface area (Å²) >= 11 is 0. The molecule has 15 heavy (non-hydrogen) atoms. The van der Waals surface area contributed by atoms with Crippen LogP contribution < -0.4 is 5.32 Å². The molecule has 0 atom stereocenters. The van der Waals surface area contributed by atoms with E-state index in [1.807, 2.05) is 0 Å². The first-order valence-electron chi connectivity index (χ1n) is 4.70. The van der Waals surface area contributed by atoms with E-state index in [-0.39, 0.29) is 31.9 Å². The largest absolute Gasteiger partial charge is 0.481 e. The third-order valence-corrected chi connectivity index (χ3v) is 1.55. The van der Waals surface area contributed by atoms with Gasteiger partial charge >= 0.3 is 11.9 Å². The van der Waals surface area contributed by atoms with Crippen LogP contribution in [0, 0.1) is 0 Å². The molecule has 0 aromatic carbocycles. The zero-order valence-electron chi connectivity index (χ0n) is 8.62. The highest BCUT2D eigenvalue weighted by molar-refractivity contribution is 5.81. The van der Waals surface area contributed by atoms with E-state index < -0.39 is 11.9 Å². The number of esters is 1. The average Bonchev–Trinajstić information content (AvgIpc) is 2.20. The minimum atomic E-state index is -0.926. The van der Waals surface area contributed by atoms with Crippen LogP contribution in [0.15, 0.2) is 0 Å². The Hall–Kier alpha value is -1.59. The molecule has 0 aromatic rings. The Morgan fingerprint density at radius 2 is 2.00 bits per heavy atom. The number of hydrogen-bond acceptors (Lipinski definition) is 4. The fourth-order valence-corrected chi connectivity index (χ4v) is 0.756. The van der Waals surface area contributed by atoms with Crippen LogP contribution in [-0.4, -0.2) is 36.1 Å². The van der Waals surface area contributed by atoms with Crippen molar-refractivity contribution in [3.05, 3.63) is 0 Å². The lowest BCUT2D eigenvalue weighted by molar-refractivity contribution is -0.145. The summed E-state index contributed by atoms with van der Waals surface area (Å²) in [7, 11) is 0. The number of carbonyl (C=O) groups excluding carboxylic acids is 2. The van der Waals surface area contributed by atoms with Crippen LogP contribution in [-0.2, 0) is 19.1 Å². The van der Waals surface area contributed by atoms with E-state index in [0.717, 1.165) is 0 Å². The number of amides is 1. The minimum Gasteiger partial charge on any atom is -0.481 e.